The number of aryl methyl sites for hydroxylation is 1. The Morgan fingerprint density at radius 3 is 2.71 bits per heavy atom. The van der Waals surface area contributed by atoms with E-state index in [1.165, 1.54) is 0 Å². The fourth-order valence-electron chi connectivity index (χ4n) is 1.41. The number of nitrogens with one attached hydrogen (secondary N) is 1. The van der Waals surface area contributed by atoms with Gasteiger partial charge in [0.05, 0.1) is 6.04 Å². The number of hydrogen-bond acceptors (Lipinski definition) is 2. The predicted molar refractivity (Wildman–Crippen MR) is 72.2 cm³/mol. The normalized spacial score (nSPS) is 14.2. The van der Waals surface area contributed by atoms with E-state index in [1.54, 1.807) is 6.07 Å². The summed E-state index contributed by atoms with van der Waals surface area (Å²) in [6.45, 7) is 5.89. The van der Waals surface area contributed by atoms with Crippen LogP contribution in [0.3, 0.4) is 0 Å². The van der Waals surface area contributed by atoms with Gasteiger partial charge in [-0.25, -0.2) is 0 Å². The SMILES string of the molecule is CC[C@H](C)[C@H](N)C(=O)Nc1ccc(C)c(Cl)c1. The van der Waals surface area contributed by atoms with Crippen LogP contribution < -0.4 is 11.1 Å². The van der Waals surface area contributed by atoms with E-state index in [2.05, 4.69) is 5.32 Å². The van der Waals surface area contributed by atoms with Crippen molar-refractivity contribution in [2.45, 2.75) is 33.2 Å². The first-order valence-electron chi connectivity index (χ1n) is 5.78. The van der Waals surface area contributed by atoms with E-state index in [0.717, 1.165) is 12.0 Å². The standard InChI is InChI=1S/C13H19ClN2O/c1-4-8(2)12(15)13(17)16-10-6-5-9(3)11(14)7-10/h5-8,12H,4,15H2,1-3H3,(H,16,17)/t8-,12-/m0/s1. The molecule has 0 saturated carbocycles. The van der Waals surface area contributed by atoms with Crippen molar-refractivity contribution in [3.63, 3.8) is 0 Å². The Balaban J connectivity index is 2.71. The van der Waals surface area contributed by atoms with Crippen LogP contribution >= 0.6 is 11.6 Å². The summed E-state index contributed by atoms with van der Waals surface area (Å²) in [4.78, 5) is 11.8. The maximum absolute atomic E-state index is 11.8. The van der Waals surface area contributed by atoms with Crippen LogP contribution in [0, 0.1) is 12.8 Å². The summed E-state index contributed by atoms with van der Waals surface area (Å²) >= 11 is 5.98. The summed E-state index contributed by atoms with van der Waals surface area (Å²) in [6.07, 6.45) is 0.878. The zero-order valence-corrected chi connectivity index (χ0v) is 11.2. The second kappa shape index (κ2) is 6.03. The van der Waals surface area contributed by atoms with E-state index in [4.69, 9.17) is 17.3 Å². The van der Waals surface area contributed by atoms with Gasteiger partial charge in [-0.2, -0.15) is 0 Å². The molecule has 0 radical (unpaired) electrons. The molecule has 94 valence electrons. The maximum atomic E-state index is 11.8. The van der Waals surface area contributed by atoms with Gasteiger partial charge >= 0.3 is 0 Å². The van der Waals surface area contributed by atoms with E-state index < -0.39 is 6.04 Å². The summed E-state index contributed by atoms with van der Waals surface area (Å²) < 4.78 is 0. The first kappa shape index (κ1) is 14.0. The number of anilines is 1. The second-order valence-electron chi connectivity index (χ2n) is 4.36. The van der Waals surface area contributed by atoms with E-state index in [0.29, 0.717) is 10.7 Å². The van der Waals surface area contributed by atoms with Crippen LogP contribution in [0.2, 0.25) is 5.02 Å². The Labute approximate surface area is 107 Å². The highest BCUT2D eigenvalue weighted by Gasteiger charge is 2.19. The molecule has 0 saturated heterocycles. The van der Waals surface area contributed by atoms with Crippen molar-refractivity contribution in [1.29, 1.82) is 0 Å². The number of benzene rings is 1. The van der Waals surface area contributed by atoms with Crippen molar-refractivity contribution < 1.29 is 4.79 Å². The van der Waals surface area contributed by atoms with Crippen LogP contribution in [0.4, 0.5) is 5.69 Å². The van der Waals surface area contributed by atoms with Crippen LogP contribution in [0.1, 0.15) is 25.8 Å². The first-order valence-corrected chi connectivity index (χ1v) is 6.16. The number of amides is 1. The van der Waals surface area contributed by atoms with Crippen LogP contribution in [-0.2, 0) is 4.79 Å². The minimum atomic E-state index is -0.486. The summed E-state index contributed by atoms with van der Waals surface area (Å²) in [5.41, 5.74) is 7.51. The molecule has 3 N–H and O–H groups in total. The quantitative estimate of drug-likeness (QED) is 0.868. The predicted octanol–water partition coefficient (Wildman–Crippen LogP) is 2.96. The Bertz CT molecular complexity index is 406. The minimum Gasteiger partial charge on any atom is -0.325 e. The van der Waals surface area contributed by atoms with Gasteiger partial charge in [0, 0.05) is 10.7 Å². The topological polar surface area (TPSA) is 55.1 Å². The van der Waals surface area contributed by atoms with Crippen molar-refractivity contribution in [3.05, 3.63) is 28.8 Å². The number of carbonyl (C=O) groups is 1. The minimum absolute atomic E-state index is 0.163. The fraction of sp³-hybridized carbons (Fsp3) is 0.462. The molecule has 0 fully saturated rings. The number of rotatable bonds is 4. The molecule has 0 spiro atoms. The highest BCUT2D eigenvalue weighted by atomic mass is 35.5. The van der Waals surface area contributed by atoms with Gasteiger partial charge in [-0.1, -0.05) is 37.9 Å². The van der Waals surface area contributed by atoms with Crippen molar-refractivity contribution >= 4 is 23.2 Å². The van der Waals surface area contributed by atoms with Crippen LogP contribution in [0.5, 0.6) is 0 Å². The van der Waals surface area contributed by atoms with Gasteiger partial charge in [0.15, 0.2) is 0 Å². The molecule has 1 amide bonds. The highest BCUT2D eigenvalue weighted by Crippen LogP contribution is 2.20. The van der Waals surface area contributed by atoms with Gasteiger partial charge in [0.2, 0.25) is 5.91 Å². The molecule has 0 bridgehead atoms. The lowest BCUT2D eigenvalue weighted by atomic mass is 9.99. The van der Waals surface area contributed by atoms with E-state index in [-0.39, 0.29) is 11.8 Å². The number of carbonyl (C=O) groups excluding carboxylic acids is 1. The van der Waals surface area contributed by atoms with Crippen molar-refractivity contribution in [1.82, 2.24) is 0 Å². The third kappa shape index (κ3) is 3.72. The molecule has 1 aromatic carbocycles. The lowest BCUT2D eigenvalue weighted by Crippen LogP contribution is -2.40. The average molecular weight is 255 g/mol. The van der Waals surface area contributed by atoms with Crippen molar-refractivity contribution in [2.24, 2.45) is 11.7 Å². The van der Waals surface area contributed by atoms with E-state index >= 15 is 0 Å². The summed E-state index contributed by atoms with van der Waals surface area (Å²) in [7, 11) is 0. The molecule has 0 heterocycles. The van der Waals surface area contributed by atoms with Gasteiger partial charge < -0.3 is 11.1 Å². The molecule has 1 aromatic rings. The van der Waals surface area contributed by atoms with E-state index in [1.807, 2.05) is 32.9 Å². The summed E-state index contributed by atoms with van der Waals surface area (Å²) in [6, 6.07) is 4.94. The zero-order valence-electron chi connectivity index (χ0n) is 10.5. The Morgan fingerprint density at radius 1 is 1.53 bits per heavy atom. The van der Waals surface area contributed by atoms with Gasteiger partial charge in [-0.05, 0) is 30.5 Å². The third-order valence-corrected chi connectivity index (χ3v) is 3.41. The largest absolute Gasteiger partial charge is 0.325 e. The summed E-state index contributed by atoms with van der Waals surface area (Å²) in [5, 5.41) is 3.42. The van der Waals surface area contributed by atoms with Gasteiger partial charge in [0.25, 0.3) is 0 Å². The third-order valence-electron chi connectivity index (χ3n) is 3.00. The number of hydrogen-bond donors (Lipinski definition) is 2. The van der Waals surface area contributed by atoms with Crippen LogP contribution in [0.15, 0.2) is 18.2 Å². The average Bonchev–Trinajstić information content (AvgIpc) is 2.31. The molecule has 4 heteroatoms. The molecule has 1 rings (SSSR count). The molecule has 0 aromatic heterocycles. The molecule has 0 aliphatic rings. The molecular formula is C13H19ClN2O. The first-order chi connectivity index (χ1) is 7.95. The molecule has 3 nitrogen and oxygen atoms in total. The maximum Gasteiger partial charge on any atom is 0.241 e. The fourth-order valence-corrected chi connectivity index (χ4v) is 1.59. The van der Waals surface area contributed by atoms with Gasteiger partial charge in [-0.15, -0.1) is 0 Å². The highest BCUT2D eigenvalue weighted by molar-refractivity contribution is 6.31. The molecule has 17 heavy (non-hydrogen) atoms. The molecule has 0 unspecified atom stereocenters. The Morgan fingerprint density at radius 2 is 2.18 bits per heavy atom. The molecular weight excluding hydrogens is 236 g/mol. The van der Waals surface area contributed by atoms with Gasteiger partial charge in [0.1, 0.15) is 0 Å². The number of nitrogens with two attached hydrogens (primary N) is 1. The van der Waals surface area contributed by atoms with Crippen LogP contribution in [0.25, 0.3) is 0 Å². The molecule has 0 aliphatic heterocycles. The number of halogens is 1. The lowest BCUT2D eigenvalue weighted by Gasteiger charge is -2.17. The van der Waals surface area contributed by atoms with Crippen molar-refractivity contribution in [2.75, 3.05) is 5.32 Å². The molecule has 0 aliphatic carbocycles. The van der Waals surface area contributed by atoms with Gasteiger partial charge in [-0.3, -0.25) is 4.79 Å². The Kier molecular flexibility index (Phi) is 4.97. The van der Waals surface area contributed by atoms with Crippen molar-refractivity contribution in [3.8, 4) is 0 Å². The van der Waals surface area contributed by atoms with Crippen LogP contribution in [-0.4, -0.2) is 11.9 Å². The lowest BCUT2D eigenvalue weighted by molar-refractivity contribution is -0.118. The smallest absolute Gasteiger partial charge is 0.241 e. The zero-order chi connectivity index (χ0) is 13.0. The Hall–Kier alpha value is -1.06. The second-order valence-corrected chi connectivity index (χ2v) is 4.77. The monoisotopic (exact) mass is 254 g/mol. The van der Waals surface area contributed by atoms with E-state index in [9.17, 15) is 4.79 Å². The molecule has 2 atom stereocenters. The summed E-state index contributed by atoms with van der Waals surface area (Å²) in [5.74, 6) is -0.00445.